The van der Waals surface area contributed by atoms with E-state index in [1.165, 1.54) is 4.88 Å². The van der Waals surface area contributed by atoms with Crippen LogP contribution in [-0.4, -0.2) is 18.9 Å². The molecule has 0 saturated heterocycles. The van der Waals surface area contributed by atoms with Crippen molar-refractivity contribution in [1.29, 1.82) is 0 Å². The number of nitrogens with zero attached hydrogens (tertiary/aromatic N) is 1. The van der Waals surface area contributed by atoms with Crippen molar-refractivity contribution >= 4 is 28.5 Å². The van der Waals surface area contributed by atoms with E-state index in [0.717, 1.165) is 46.9 Å². The predicted octanol–water partition coefficient (Wildman–Crippen LogP) is 5.90. The molecule has 5 rings (SSSR count). The normalized spacial score (nSPS) is 17.4. The lowest BCUT2D eigenvalue weighted by Gasteiger charge is -2.33. The zero-order chi connectivity index (χ0) is 23.0. The Hall–Kier alpha value is -3.06. The molecule has 3 heterocycles. The van der Waals surface area contributed by atoms with Crippen molar-refractivity contribution in [2.24, 2.45) is 16.3 Å². The molecule has 7 heteroatoms. The third-order valence-electron chi connectivity index (χ3n) is 6.43. The van der Waals surface area contributed by atoms with Crippen LogP contribution in [0.5, 0.6) is 11.5 Å². The van der Waals surface area contributed by atoms with Crippen molar-refractivity contribution in [2.45, 2.75) is 46.6 Å². The number of furan rings is 1. The van der Waals surface area contributed by atoms with E-state index >= 15 is 0 Å². The number of benzene rings is 1. The van der Waals surface area contributed by atoms with Gasteiger partial charge in [-0.3, -0.25) is 4.79 Å². The van der Waals surface area contributed by atoms with E-state index in [0.29, 0.717) is 23.8 Å². The van der Waals surface area contributed by atoms with Gasteiger partial charge in [0.15, 0.2) is 11.5 Å². The summed E-state index contributed by atoms with van der Waals surface area (Å²) in [5, 5.41) is 3.77. The zero-order valence-electron chi connectivity index (χ0n) is 19.1. The summed E-state index contributed by atoms with van der Waals surface area (Å²) >= 11 is 1.64. The summed E-state index contributed by atoms with van der Waals surface area (Å²) in [4.78, 5) is 19.3. The lowest BCUT2D eigenvalue weighted by Crippen LogP contribution is -2.28. The number of hydrogen-bond donors (Lipinski definition) is 1. The number of carbonyl (C=O) groups is 1. The second-order valence-corrected chi connectivity index (χ2v) is 10.7. The van der Waals surface area contributed by atoms with Crippen LogP contribution in [0, 0.1) is 11.3 Å². The molecule has 2 aromatic heterocycles. The Balaban J connectivity index is 1.45. The van der Waals surface area contributed by atoms with Crippen molar-refractivity contribution in [1.82, 2.24) is 5.32 Å². The van der Waals surface area contributed by atoms with Gasteiger partial charge in [-0.15, -0.1) is 11.3 Å². The van der Waals surface area contributed by atoms with Crippen molar-refractivity contribution in [2.75, 3.05) is 6.79 Å². The third kappa shape index (κ3) is 4.55. The third-order valence-corrected chi connectivity index (χ3v) is 7.59. The molecule has 0 unspecified atom stereocenters. The molecule has 1 aliphatic carbocycles. The molecule has 0 spiro atoms. The molecule has 2 aliphatic rings. The highest BCUT2D eigenvalue weighted by atomic mass is 32.1. The summed E-state index contributed by atoms with van der Waals surface area (Å²) in [6.07, 6.45) is 6.38. The van der Waals surface area contributed by atoms with Crippen LogP contribution in [0.25, 0.3) is 0 Å². The minimum absolute atomic E-state index is 0.101. The van der Waals surface area contributed by atoms with Crippen LogP contribution in [-0.2, 0) is 19.4 Å². The van der Waals surface area contributed by atoms with E-state index in [9.17, 15) is 4.79 Å². The highest BCUT2D eigenvalue weighted by Crippen LogP contribution is 2.45. The van der Waals surface area contributed by atoms with Crippen LogP contribution >= 0.6 is 11.3 Å². The van der Waals surface area contributed by atoms with Crippen LogP contribution in [0.1, 0.15) is 59.3 Å². The number of aliphatic imine (C=N–C) groups is 1. The van der Waals surface area contributed by atoms with Gasteiger partial charge in [0.25, 0.3) is 5.91 Å². The fraction of sp³-hybridized carbons (Fsp3) is 0.385. The standard InChI is InChI=1S/C26H28N2O4S/c1-26(2,3)17-7-8-19-22(12-17)33-25(23(19)24(29)27-14-18-5-4-10-30-18)28-13-16-6-9-20-21(11-16)32-15-31-20/h4-6,9-11,13,17H,7-8,12,14-15H2,1-3H3,(H,27,29)/t17-/m0/s1. The molecular weight excluding hydrogens is 436 g/mol. The molecule has 0 bridgehead atoms. The molecule has 0 radical (unpaired) electrons. The molecule has 0 saturated carbocycles. The molecule has 6 nitrogen and oxygen atoms in total. The SMILES string of the molecule is CC(C)(C)[C@H]1CCc2c(sc(N=Cc3ccc4c(c3)OCO4)c2C(=O)NCc2ccco2)C1. The molecule has 1 atom stereocenters. The lowest BCUT2D eigenvalue weighted by molar-refractivity contribution is 0.0947. The first-order chi connectivity index (χ1) is 15.9. The number of rotatable bonds is 5. The highest BCUT2D eigenvalue weighted by Gasteiger charge is 2.33. The Morgan fingerprint density at radius 3 is 2.88 bits per heavy atom. The quantitative estimate of drug-likeness (QED) is 0.477. The molecular formula is C26H28N2O4S. The van der Waals surface area contributed by atoms with E-state index in [-0.39, 0.29) is 18.1 Å². The first-order valence-electron chi connectivity index (χ1n) is 11.3. The van der Waals surface area contributed by atoms with Crippen molar-refractivity contribution in [3.63, 3.8) is 0 Å². The maximum atomic E-state index is 13.3. The van der Waals surface area contributed by atoms with Gasteiger partial charge in [0.1, 0.15) is 10.8 Å². The average molecular weight is 465 g/mol. The van der Waals surface area contributed by atoms with Gasteiger partial charge in [0.2, 0.25) is 6.79 Å². The van der Waals surface area contributed by atoms with Gasteiger partial charge < -0.3 is 19.2 Å². The Morgan fingerprint density at radius 1 is 1.24 bits per heavy atom. The van der Waals surface area contributed by atoms with Crippen LogP contribution in [0.2, 0.25) is 0 Å². The molecule has 3 aromatic rings. The van der Waals surface area contributed by atoms with E-state index in [1.54, 1.807) is 23.8 Å². The van der Waals surface area contributed by atoms with Crippen LogP contribution in [0.15, 0.2) is 46.0 Å². The number of amides is 1. The smallest absolute Gasteiger partial charge is 0.255 e. The Bertz CT molecular complexity index is 1190. The maximum absolute atomic E-state index is 13.3. The van der Waals surface area contributed by atoms with E-state index < -0.39 is 0 Å². The first-order valence-corrected chi connectivity index (χ1v) is 12.1. The minimum Gasteiger partial charge on any atom is -0.467 e. The van der Waals surface area contributed by atoms with Gasteiger partial charge in [-0.05, 0) is 72.1 Å². The number of nitrogens with one attached hydrogen (secondary N) is 1. The second-order valence-electron chi connectivity index (χ2n) is 9.62. The summed E-state index contributed by atoms with van der Waals surface area (Å²) in [7, 11) is 0. The van der Waals surface area contributed by atoms with Crippen LogP contribution < -0.4 is 14.8 Å². The number of thiophene rings is 1. The van der Waals surface area contributed by atoms with Crippen LogP contribution in [0.4, 0.5) is 5.00 Å². The van der Waals surface area contributed by atoms with Crippen molar-refractivity contribution < 1.29 is 18.7 Å². The van der Waals surface area contributed by atoms with Gasteiger partial charge in [0.05, 0.1) is 18.4 Å². The first kappa shape index (κ1) is 21.8. The summed E-state index contributed by atoms with van der Waals surface area (Å²) in [5.74, 6) is 2.67. The van der Waals surface area contributed by atoms with E-state index in [1.807, 2.05) is 30.3 Å². The summed E-state index contributed by atoms with van der Waals surface area (Å²) in [6, 6.07) is 9.41. The molecule has 0 fully saturated rings. The molecule has 1 amide bonds. The van der Waals surface area contributed by atoms with E-state index in [4.69, 9.17) is 18.9 Å². The lowest BCUT2D eigenvalue weighted by atomic mass is 9.72. The van der Waals surface area contributed by atoms with Gasteiger partial charge in [-0.25, -0.2) is 4.99 Å². The minimum atomic E-state index is -0.101. The van der Waals surface area contributed by atoms with Crippen molar-refractivity contribution in [3.05, 3.63) is 63.9 Å². The number of hydrogen-bond acceptors (Lipinski definition) is 6. The predicted molar refractivity (Wildman–Crippen MR) is 129 cm³/mol. The molecule has 1 N–H and O–H groups in total. The zero-order valence-corrected chi connectivity index (χ0v) is 20.0. The largest absolute Gasteiger partial charge is 0.467 e. The number of fused-ring (bicyclic) bond motifs is 2. The summed E-state index contributed by atoms with van der Waals surface area (Å²) in [6.45, 7) is 7.48. The fourth-order valence-electron chi connectivity index (χ4n) is 4.43. The highest BCUT2D eigenvalue weighted by molar-refractivity contribution is 7.16. The van der Waals surface area contributed by atoms with Crippen molar-refractivity contribution in [3.8, 4) is 11.5 Å². The van der Waals surface area contributed by atoms with Gasteiger partial charge in [0, 0.05) is 11.1 Å². The Kier molecular flexibility index (Phi) is 5.74. The van der Waals surface area contributed by atoms with Gasteiger partial charge >= 0.3 is 0 Å². The topological polar surface area (TPSA) is 73.1 Å². The molecule has 172 valence electrons. The summed E-state index contributed by atoms with van der Waals surface area (Å²) < 4.78 is 16.2. The molecule has 33 heavy (non-hydrogen) atoms. The Labute approximate surface area is 197 Å². The Morgan fingerprint density at radius 2 is 2.09 bits per heavy atom. The molecule has 1 aliphatic heterocycles. The van der Waals surface area contributed by atoms with Crippen LogP contribution in [0.3, 0.4) is 0 Å². The fourth-order valence-corrected chi connectivity index (χ4v) is 5.70. The molecule has 1 aromatic carbocycles. The summed E-state index contributed by atoms with van der Waals surface area (Å²) in [5.41, 5.74) is 2.99. The second kappa shape index (κ2) is 8.71. The van der Waals surface area contributed by atoms with Gasteiger partial charge in [-0.1, -0.05) is 20.8 Å². The number of carbonyl (C=O) groups excluding carboxylic acids is 1. The van der Waals surface area contributed by atoms with E-state index in [2.05, 4.69) is 26.1 Å². The maximum Gasteiger partial charge on any atom is 0.255 e. The van der Waals surface area contributed by atoms with Gasteiger partial charge in [-0.2, -0.15) is 0 Å². The average Bonchev–Trinajstić information content (AvgIpc) is 3.54. The monoisotopic (exact) mass is 464 g/mol. The number of ether oxygens (including phenoxy) is 2.